The third-order valence-corrected chi connectivity index (χ3v) is 4.90. The molecule has 0 aromatic carbocycles. The molecule has 1 aliphatic heterocycles. The first-order valence-corrected chi connectivity index (χ1v) is 8.64. The Kier molecular flexibility index (Phi) is 3.99. The summed E-state index contributed by atoms with van der Waals surface area (Å²) in [5.41, 5.74) is 4.11. The van der Waals surface area contributed by atoms with Gasteiger partial charge in [-0.2, -0.15) is 5.10 Å². The molecular formula is C18H21N5O3. The molecule has 1 saturated heterocycles. The second-order valence-corrected chi connectivity index (χ2v) is 7.04. The number of hydrogen-bond acceptors (Lipinski definition) is 6. The predicted molar refractivity (Wildman–Crippen MR) is 93.7 cm³/mol. The molecule has 0 saturated carbocycles. The van der Waals surface area contributed by atoms with Crippen LogP contribution in [0.25, 0.3) is 11.1 Å². The van der Waals surface area contributed by atoms with Crippen molar-refractivity contribution in [1.29, 1.82) is 0 Å². The molecule has 0 unspecified atom stereocenters. The van der Waals surface area contributed by atoms with Gasteiger partial charge in [0.15, 0.2) is 0 Å². The van der Waals surface area contributed by atoms with Crippen LogP contribution >= 0.6 is 0 Å². The first kappa shape index (κ1) is 16.7. The number of β-amino-alcohol motifs (C(OH)–C–C–N with tert-alkyl or cyclic N) is 1. The van der Waals surface area contributed by atoms with E-state index in [1.165, 1.54) is 0 Å². The van der Waals surface area contributed by atoms with Crippen molar-refractivity contribution in [1.82, 2.24) is 25.2 Å². The van der Waals surface area contributed by atoms with Gasteiger partial charge < -0.3 is 14.5 Å². The van der Waals surface area contributed by atoms with Gasteiger partial charge in [-0.1, -0.05) is 5.16 Å². The van der Waals surface area contributed by atoms with E-state index < -0.39 is 6.10 Å². The van der Waals surface area contributed by atoms with Crippen molar-refractivity contribution in [2.24, 2.45) is 5.92 Å². The highest BCUT2D eigenvalue weighted by Gasteiger charge is 2.35. The second kappa shape index (κ2) is 6.21. The van der Waals surface area contributed by atoms with E-state index in [1.807, 2.05) is 19.9 Å². The van der Waals surface area contributed by atoms with Gasteiger partial charge in [-0.05, 0) is 39.3 Å². The van der Waals surface area contributed by atoms with Crippen molar-refractivity contribution >= 4 is 17.0 Å². The minimum Gasteiger partial charge on any atom is -0.391 e. The van der Waals surface area contributed by atoms with Crippen LogP contribution in [0, 0.1) is 26.7 Å². The van der Waals surface area contributed by atoms with Gasteiger partial charge in [0.2, 0.25) is 0 Å². The highest BCUT2D eigenvalue weighted by molar-refractivity contribution is 6.06. The lowest BCUT2D eigenvalue weighted by atomic mass is 10.00. The number of aromatic nitrogens is 4. The number of aromatic amines is 1. The molecule has 136 valence electrons. The minimum absolute atomic E-state index is 0.0383. The number of amides is 1. The van der Waals surface area contributed by atoms with E-state index in [1.54, 1.807) is 17.9 Å². The summed E-state index contributed by atoms with van der Waals surface area (Å²) in [6, 6.07) is 3.72. The molecule has 1 fully saturated rings. The SMILES string of the molecule is Cc1cc(C(=O)N2C[C@@H](Cc3cc(C)[nH]n3)[C@H](O)C2)c2c(C)noc2n1. The van der Waals surface area contributed by atoms with Crippen LogP contribution in [-0.4, -0.2) is 55.4 Å². The molecule has 2 atom stereocenters. The van der Waals surface area contributed by atoms with Crippen LogP contribution in [0.1, 0.15) is 33.1 Å². The lowest BCUT2D eigenvalue weighted by molar-refractivity contribution is 0.0766. The Morgan fingerprint density at radius 1 is 1.35 bits per heavy atom. The van der Waals surface area contributed by atoms with Gasteiger partial charge in [0.1, 0.15) is 0 Å². The van der Waals surface area contributed by atoms with Gasteiger partial charge in [-0.25, -0.2) is 4.98 Å². The molecule has 26 heavy (non-hydrogen) atoms. The molecule has 1 amide bonds. The second-order valence-electron chi connectivity index (χ2n) is 7.04. The Hall–Kier alpha value is -2.74. The summed E-state index contributed by atoms with van der Waals surface area (Å²) < 4.78 is 5.21. The van der Waals surface area contributed by atoms with E-state index in [-0.39, 0.29) is 11.8 Å². The summed E-state index contributed by atoms with van der Waals surface area (Å²) in [4.78, 5) is 19.1. The average molecular weight is 355 g/mol. The van der Waals surface area contributed by atoms with Crippen LogP contribution in [0.5, 0.6) is 0 Å². The fourth-order valence-corrected chi connectivity index (χ4v) is 3.62. The maximum Gasteiger partial charge on any atom is 0.258 e. The van der Waals surface area contributed by atoms with Gasteiger partial charge in [0.05, 0.1) is 28.4 Å². The molecule has 8 heteroatoms. The molecule has 3 aromatic heterocycles. The molecular weight excluding hydrogens is 334 g/mol. The van der Waals surface area contributed by atoms with Crippen LogP contribution < -0.4 is 0 Å². The fourth-order valence-electron chi connectivity index (χ4n) is 3.62. The number of rotatable bonds is 3. The van der Waals surface area contributed by atoms with E-state index in [0.717, 1.165) is 11.4 Å². The minimum atomic E-state index is -0.571. The molecule has 0 radical (unpaired) electrons. The van der Waals surface area contributed by atoms with Gasteiger partial charge in [-0.15, -0.1) is 0 Å². The first-order valence-electron chi connectivity index (χ1n) is 8.64. The first-order chi connectivity index (χ1) is 12.4. The van der Waals surface area contributed by atoms with E-state index in [9.17, 15) is 9.90 Å². The number of H-pyrrole nitrogens is 1. The Morgan fingerprint density at radius 3 is 2.88 bits per heavy atom. The lowest BCUT2D eigenvalue weighted by Gasteiger charge is -2.16. The number of nitrogens with zero attached hydrogens (tertiary/aromatic N) is 4. The normalized spacial score (nSPS) is 20.2. The summed E-state index contributed by atoms with van der Waals surface area (Å²) in [5.74, 6) is -0.171. The van der Waals surface area contributed by atoms with Crippen molar-refractivity contribution in [2.45, 2.75) is 33.3 Å². The third-order valence-electron chi connectivity index (χ3n) is 4.90. The molecule has 3 aromatic rings. The summed E-state index contributed by atoms with van der Waals surface area (Å²) >= 11 is 0. The third kappa shape index (κ3) is 2.86. The van der Waals surface area contributed by atoms with Crippen molar-refractivity contribution in [3.8, 4) is 0 Å². The monoisotopic (exact) mass is 355 g/mol. The number of carbonyl (C=O) groups is 1. The van der Waals surface area contributed by atoms with Crippen molar-refractivity contribution in [2.75, 3.05) is 13.1 Å². The molecule has 4 rings (SSSR count). The molecule has 0 bridgehead atoms. The molecule has 8 nitrogen and oxygen atoms in total. The van der Waals surface area contributed by atoms with Crippen LogP contribution in [-0.2, 0) is 6.42 Å². The summed E-state index contributed by atoms with van der Waals surface area (Å²) in [7, 11) is 0. The lowest BCUT2D eigenvalue weighted by Crippen LogP contribution is -2.30. The number of likely N-dealkylation sites (tertiary alicyclic amines) is 1. The Labute approximate surface area is 150 Å². The van der Waals surface area contributed by atoms with Gasteiger partial charge in [-0.3, -0.25) is 9.89 Å². The fraction of sp³-hybridized carbons (Fsp3) is 0.444. The predicted octanol–water partition coefficient (Wildman–Crippen LogP) is 1.55. The zero-order valence-corrected chi connectivity index (χ0v) is 15.0. The number of pyridine rings is 1. The average Bonchev–Trinajstić information content (AvgIpc) is 3.27. The Morgan fingerprint density at radius 2 is 2.15 bits per heavy atom. The summed E-state index contributed by atoms with van der Waals surface area (Å²) in [6.07, 6.45) is 0.0600. The number of carbonyl (C=O) groups excluding carboxylic acids is 1. The standard InChI is InChI=1S/C18H21N5O3/c1-9-5-14(16-11(3)22-26-17(16)19-9)18(25)23-7-12(15(24)8-23)6-13-4-10(2)20-21-13/h4-5,12,15,24H,6-8H2,1-3H3,(H,20,21)/t12-,15-/m1/s1. The van der Waals surface area contributed by atoms with E-state index in [0.29, 0.717) is 47.6 Å². The zero-order valence-electron chi connectivity index (χ0n) is 15.0. The number of aryl methyl sites for hydroxylation is 3. The largest absolute Gasteiger partial charge is 0.391 e. The Bertz CT molecular complexity index is 977. The smallest absolute Gasteiger partial charge is 0.258 e. The van der Waals surface area contributed by atoms with Gasteiger partial charge in [0, 0.05) is 30.4 Å². The Balaban J connectivity index is 1.59. The number of nitrogens with one attached hydrogen (secondary N) is 1. The maximum absolute atomic E-state index is 13.1. The van der Waals surface area contributed by atoms with Crippen LogP contribution in [0.3, 0.4) is 0 Å². The van der Waals surface area contributed by atoms with E-state index in [2.05, 4.69) is 20.3 Å². The highest BCUT2D eigenvalue weighted by Crippen LogP contribution is 2.27. The van der Waals surface area contributed by atoms with Crippen molar-refractivity contribution in [3.63, 3.8) is 0 Å². The topological polar surface area (TPSA) is 108 Å². The quantitative estimate of drug-likeness (QED) is 0.738. The number of aliphatic hydroxyl groups excluding tert-OH is 1. The molecule has 0 spiro atoms. The van der Waals surface area contributed by atoms with E-state index in [4.69, 9.17) is 4.52 Å². The van der Waals surface area contributed by atoms with Crippen LogP contribution in [0.15, 0.2) is 16.7 Å². The maximum atomic E-state index is 13.1. The molecule has 2 N–H and O–H groups in total. The van der Waals surface area contributed by atoms with Gasteiger partial charge >= 0.3 is 0 Å². The summed E-state index contributed by atoms with van der Waals surface area (Å²) in [5, 5.41) is 22.1. The van der Waals surface area contributed by atoms with Crippen molar-refractivity contribution < 1.29 is 14.4 Å². The van der Waals surface area contributed by atoms with E-state index >= 15 is 0 Å². The number of aliphatic hydroxyl groups is 1. The molecule has 4 heterocycles. The molecule has 0 aliphatic carbocycles. The van der Waals surface area contributed by atoms with Crippen LogP contribution in [0.4, 0.5) is 0 Å². The van der Waals surface area contributed by atoms with Crippen molar-refractivity contribution in [3.05, 3.63) is 40.5 Å². The highest BCUT2D eigenvalue weighted by atomic mass is 16.5. The number of fused-ring (bicyclic) bond motifs is 1. The number of hydrogen-bond donors (Lipinski definition) is 2. The van der Waals surface area contributed by atoms with Crippen LogP contribution in [0.2, 0.25) is 0 Å². The zero-order chi connectivity index (χ0) is 18.4. The van der Waals surface area contributed by atoms with Gasteiger partial charge in [0.25, 0.3) is 11.6 Å². The summed E-state index contributed by atoms with van der Waals surface area (Å²) in [6.45, 7) is 6.34. The molecule has 1 aliphatic rings.